The number of rotatable bonds is 1. The second-order valence-corrected chi connectivity index (χ2v) is 4.75. The first-order chi connectivity index (χ1) is 9.58. The smallest absolute Gasteiger partial charge is 0.201 e. The fourth-order valence-electron chi connectivity index (χ4n) is 2.02. The summed E-state index contributed by atoms with van der Waals surface area (Å²) in [6.45, 7) is 0. The molecule has 3 aromatic rings. The van der Waals surface area contributed by atoms with E-state index in [0.717, 1.165) is 5.56 Å². The van der Waals surface area contributed by atoms with Crippen molar-refractivity contribution in [2.24, 2.45) is 0 Å². The van der Waals surface area contributed by atoms with E-state index in [2.05, 4.69) is 0 Å². The number of benzene rings is 2. The molecule has 0 aliphatic heterocycles. The van der Waals surface area contributed by atoms with Crippen LogP contribution in [0.1, 0.15) is 0 Å². The van der Waals surface area contributed by atoms with Gasteiger partial charge < -0.3 is 19.7 Å². The lowest BCUT2D eigenvalue weighted by Gasteiger charge is -2.07. The van der Waals surface area contributed by atoms with Crippen molar-refractivity contribution in [1.29, 1.82) is 0 Å². The number of phenolic OH excluding ortho intramolecular Hbond substituents is 3. The molecule has 1 aromatic heterocycles. The van der Waals surface area contributed by atoms with Crippen LogP contribution in [0.4, 0.5) is 0 Å². The van der Waals surface area contributed by atoms with Crippen molar-refractivity contribution in [2.75, 3.05) is 0 Å². The van der Waals surface area contributed by atoms with Crippen LogP contribution in [0, 0.1) is 4.51 Å². The molecule has 1 heterocycles. The third-order valence-corrected chi connectivity index (χ3v) is 3.33. The molecule has 0 aliphatic rings. The minimum absolute atomic E-state index is 0.204. The van der Waals surface area contributed by atoms with E-state index in [9.17, 15) is 15.3 Å². The zero-order chi connectivity index (χ0) is 14.3. The maximum atomic E-state index is 9.84. The average Bonchev–Trinajstić information content (AvgIpc) is 2.45. The summed E-state index contributed by atoms with van der Waals surface area (Å²) in [5.74, 6) is -1.02. The van der Waals surface area contributed by atoms with E-state index < -0.39 is 17.2 Å². The van der Waals surface area contributed by atoms with Crippen molar-refractivity contribution in [1.82, 2.24) is 0 Å². The SMILES string of the molecule is Oc1cc2oc(-c3ccccc3)cc(=S)c2c(O)c1O. The van der Waals surface area contributed by atoms with E-state index in [1.54, 1.807) is 6.07 Å². The maximum Gasteiger partial charge on any atom is 0.201 e. The van der Waals surface area contributed by atoms with Gasteiger partial charge in [-0.05, 0) is 0 Å². The summed E-state index contributed by atoms with van der Waals surface area (Å²) in [7, 11) is 0. The summed E-state index contributed by atoms with van der Waals surface area (Å²) in [5, 5.41) is 29.1. The molecular weight excluding hydrogens is 276 g/mol. The summed E-state index contributed by atoms with van der Waals surface area (Å²) in [6, 6.07) is 12.2. The average molecular weight is 286 g/mol. The minimum Gasteiger partial charge on any atom is -0.504 e. The standard InChI is InChI=1S/C15H10O4S/c16-9-6-11-13(15(18)14(9)17)12(20)7-10(19-11)8-4-2-1-3-5-8/h1-7,16-18H. The molecule has 0 spiro atoms. The monoisotopic (exact) mass is 286 g/mol. The van der Waals surface area contributed by atoms with Gasteiger partial charge in [-0.3, -0.25) is 0 Å². The van der Waals surface area contributed by atoms with Crippen molar-refractivity contribution >= 4 is 23.2 Å². The van der Waals surface area contributed by atoms with Crippen molar-refractivity contribution in [3.63, 3.8) is 0 Å². The van der Waals surface area contributed by atoms with Crippen LogP contribution in [0.25, 0.3) is 22.3 Å². The molecule has 0 saturated carbocycles. The second-order valence-electron chi connectivity index (χ2n) is 4.31. The quantitative estimate of drug-likeness (QED) is 0.466. The Bertz CT molecular complexity index is 853. The Morgan fingerprint density at radius 3 is 2.30 bits per heavy atom. The zero-order valence-electron chi connectivity index (χ0n) is 10.2. The van der Waals surface area contributed by atoms with Gasteiger partial charge >= 0.3 is 0 Å². The van der Waals surface area contributed by atoms with Crippen LogP contribution in [0.3, 0.4) is 0 Å². The van der Waals surface area contributed by atoms with Crippen LogP contribution in [0.2, 0.25) is 0 Å². The van der Waals surface area contributed by atoms with Crippen LogP contribution >= 0.6 is 12.2 Å². The Labute approximate surface area is 119 Å². The molecule has 2 aromatic carbocycles. The molecule has 0 atom stereocenters. The van der Waals surface area contributed by atoms with Crippen molar-refractivity contribution < 1.29 is 19.7 Å². The van der Waals surface area contributed by atoms with Gasteiger partial charge in [0.2, 0.25) is 5.75 Å². The predicted molar refractivity (Wildman–Crippen MR) is 77.5 cm³/mol. The lowest BCUT2D eigenvalue weighted by atomic mass is 10.1. The molecule has 0 bridgehead atoms. The lowest BCUT2D eigenvalue weighted by molar-refractivity contribution is 0.370. The fraction of sp³-hybridized carbons (Fsp3) is 0. The summed E-state index contributed by atoms with van der Waals surface area (Å²) >= 11 is 5.22. The molecular formula is C15H10O4S. The molecule has 3 rings (SSSR count). The van der Waals surface area contributed by atoms with Crippen LogP contribution in [-0.2, 0) is 0 Å². The molecule has 20 heavy (non-hydrogen) atoms. The van der Waals surface area contributed by atoms with Gasteiger partial charge in [0.15, 0.2) is 11.5 Å². The Morgan fingerprint density at radius 1 is 0.900 bits per heavy atom. The highest BCUT2D eigenvalue weighted by Crippen LogP contribution is 2.42. The first kappa shape index (κ1) is 12.5. The molecule has 0 amide bonds. The van der Waals surface area contributed by atoms with Gasteiger partial charge in [0.25, 0.3) is 0 Å². The van der Waals surface area contributed by atoms with Crippen LogP contribution in [0.15, 0.2) is 46.9 Å². The van der Waals surface area contributed by atoms with E-state index in [1.165, 1.54) is 6.07 Å². The Hall–Kier alpha value is -2.53. The molecule has 0 radical (unpaired) electrons. The predicted octanol–water partition coefficient (Wildman–Crippen LogP) is 3.95. The van der Waals surface area contributed by atoms with E-state index >= 15 is 0 Å². The largest absolute Gasteiger partial charge is 0.504 e. The molecule has 0 unspecified atom stereocenters. The highest BCUT2D eigenvalue weighted by Gasteiger charge is 2.15. The van der Waals surface area contributed by atoms with Crippen molar-refractivity contribution in [2.45, 2.75) is 0 Å². The fourth-order valence-corrected chi connectivity index (χ4v) is 2.33. The van der Waals surface area contributed by atoms with Gasteiger partial charge in [0.05, 0.1) is 9.90 Å². The molecule has 3 N–H and O–H groups in total. The number of phenols is 3. The Morgan fingerprint density at radius 2 is 1.60 bits per heavy atom. The van der Waals surface area contributed by atoms with E-state index in [-0.39, 0.29) is 11.0 Å². The molecule has 0 saturated heterocycles. The minimum atomic E-state index is -0.605. The maximum absolute atomic E-state index is 9.84. The highest BCUT2D eigenvalue weighted by molar-refractivity contribution is 7.71. The molecule has 5 heteroatoms. The van der Waals surface area contributed by atoms with E-state index in [1.807, 2.05) is 30.3 Å². The molecule has 4 nitrogen and oxygen atoms in total. The van der Waals surface area contributed by atoms with E-state index in [0.29, 0.717) is 10.3 Å². The van der Waals surface area contributed by atoms with E-state index in [4.69, 9.17) is 16.6 Å². The number of hydrogen-bond acceptors (Lipinski definition) is 5. The molecule has 0 fully saturated rings. The topological polar surface area (TPSA) is 73.8 Å². The summed E-state index contributed by atoms with van der Waals surface area (Å²) in [6.07, 6.45) is 0. The Balaban J connectivity index is 2.36. The van der Waals surface area contributed by atoms with Gasteiger partial charge in [0.1, 0.15) is 11.3 Å². The summed E-state index contributed by atoms with van der Waals surface area (Å²) < 4.78 is 5.98. The van der Waals surface area contributed by atoms with Gasteiger partial charge in [-0.25, -0.2) is 0 Å². The third-order valence-electron chi connectivity index (χ3n) is 3.00. The van der Waals surface area contributed by atoms with Crippen molar-refractivity contribution in [3.05, 3.63) is 47.0 Å². The summed E-state index contributed by atoms with van der Waals surface area (Å²) in [4.78, 5) is 0. The first-order valence-corrected chi connectivity index (χ1v) is 6.26. The highest BCUT2D eigenvalue weighted by atomic mass is 32.1. The Kier molecular flexibility index (Phi) is 2.84. The van der Waals surface area contributed by atoms with Crippen LogP contribution < -0.4 is 0 Å². The van der Waals surface area contributed by atoms with Crippen LogP contribution in [-0.4, -0.2) is 15.3 Å². The lowest BCUT2D eigenvalue weighted by Crippen LogP contribution is -1.82. The van der Waals surface area contributed by atoms with Gasteiger partial charge in [-0.15, -0.1) is 0 Å². The zero-order valence-corrected chi connectivity index (χ0v) is 11.0. The first-order valence-electron chi connectivity index (χ1n) is 5.85. The summed E-state index contributed by atoms with van der Waals surface area (Å²) in [5.41, 5.74) is 1.04. The van der Waals surface area contributed by atoms with Gasteiger partial charge in [0, 0.05) is 17.7 Å². The normalized spacial score (nSPS) is 10.8. The van der Waals surface area contributed by atoms with Crippen LogP contribution in [0.5, 0.6) is 17.2 Å². The van der Waals surface area contributed by atoms with Crippen molar-refractivity contribution in [3.8, 4) is 28.6 Å². The number of hydrogen-bond donors (Lipinski definition) is 3. The second kappa shape index (κ2) is 4.54. The number of fused-ring (bicyclic) bond motifs is 1. The molecule has 0 aliphatic carbocycles. The molecule has 100 valence electrons. The van der Waals surface area contributed by atoms with Gasteiger partial charge in [-0.2, -0.15) is 0 Å². The third kappa shape index (κ3) is 1.88. The van der Waals surface area contributed by atoms with Gasteiger partial charge in [-0.1, -0.05) is 42.5 Å². The number of aromatic hydroxyl groups is 3.